The molecule has 0 aliphatic heterocycles. The van der Waals surface area contributed by atoms with Gasteiger partial charge in [-0.3, -0.25) is 9.67 Å². The average Bonchev–Trinajstić information content (AvgIpc) is 2.95. The minimum atomic E-state index is 0.461. The van der Waals surface area contributed by atoms with Crippen LogP contribution in [-0.2, 0) is 11.3 Å². The first-order valence-corrected chi connectivity index (χ1v) is 8.92. The van der Waals surface area contributed by atoms with Crippen molar-refractivity contribution < 1.29 is 4.74 Å². The molecule has 1 fully saturated rings. The lowest BCUT2D eigenvalue weighted by Gasteiger charge is -2.16. The van der Waals surface area contributed by atoms with Crippen LogP contribution in [0.4, 0.5) is 0 Å². The van der Waals surface area contributed by atoms with Crippen LogP contribution in [0.15, 0.2) is 23.5 Å². The lowest BCUT2D eigenvalue weighted by molar-refractivity contribution is 0.0468. The smallest absolute Gasteiger partial charge is 0.191 e. The highest BCUT2D eigenvalue weighted by atomic mass is 16.5. The van der Waals surface area contributed by atoms with E-state index in [1.54, 1.807) is 7.05 Å². The third kappa shape index (κ3) is 7.50. The van der Waals surface area contributed by atoms with Gasteiger partial charge in [-0.05, 0) is 25.3 Å². The Labute approximate surface area is 139 Å². The molecule has 2 N–H and O–H groups in total. The van der Waals surface area contributed by atoms with E-state index in [9.17, 15) is 0 Å². The van der Waals surface area contributed by atoms with Gasteiger partial charge in [0.05, 0.1) is 12.7 Å². The van der Waals surface area contributed by atoms with Gasteiger partial charge < -0.3 is 15.4 Å². The molecule has 0 atom stereocenters. The van der Waals surface area contributed by atoms with Gasteiger partial charge in [0.25, 0.3) is 0 Å². The van der Waals surface area contributed by atoms with Crippen LogP contribution >= 0.6 is 0 Å². The largest absolute Gasteiger partial charge is 0.376 e. The summed E-state index contributed by atoms with van der Waals surface area (Å²) >= 11 is 0. The van der Waals surface area contributed by atoms with E-state index in [4.69, 9.17) is 4.74 Å². The Hall–Kier alpha value is -1.56. The molecule has 0 radical (unpaired) electrons. The molecular formula is C17H31N5O. The van der Waals surface area contributed by atoms with Crippen LogP contribution in [-0.4, -0.2) is 48.6 Å². The Balaban J connectivity index is 1.50. The molecule has 1 saturated carbocycles. The summed E-state index contributed by atoms with van der Waals surface area (Å²) in [5, 5.41) is 10.8. The van der Waals surface area contributed by atoms with Crippen molar-refractivity contribution in [3.8, 4) is 0 Å². The number of aromatic nitrogens is 2. The number of hydrogen-bond donors (Lipinski definition) is 2. The average molecular weight is 321 g/mol. The molecule has 1 aromatic heterocycles. The summed E-state index contributed by atoms with van der Waals surface area (Å²) in [6, 6.07) is 1.95. The fraction of sp³-hybridized carbons (Fsp3) is 0.765. The summed E-state index contributed by atoms with van der Waals surface area (Å²) in [7, 11) is 1.80. The molecule has 0 spiro atoms. The second-order valence-electron chi connectivity index (χ2n) is 6.03. The summed E-state index contributed by atoms with van der Waals surface area (Å²) in [6.45, 7) is 3.35. The standard InChI is InChI=1S/C17H31N5O/c1-18-17(19-10-6-13-22-14-7-11-21-22)20-12-15-23-16-8-4-2-3-5-9-16/h7,11,14,16H,2-6,8-10,12-13,15H2,1H3,(H2,18,19,20). The van der Waals surface area contributed by atoms with Crippen molar-refractivity contribution in [2.45, 2.75) is 57.6 Å². The second kappa shape index (κ2) is 11.0. The molecule has 1 aliphatic carbocycles. The van der Waals surface area contributed by atoms with Crippen LogP contribution in [0.5, 0.6) is 0 Å². The zero-order valence-corrected chi connectivity index (χ0v) is 14.3. The quantitative estimate of drug-likeness (QED) is 0.333. The predicted octanol–water partition coefficient (Wildman–Crippen LogP) is 2.18. The van der Waals surface area contributed by atoms with E-state index in [-0.39, 0.29) is 0 Å². The fourth-order valence-electron chi connectivity index (χ4n) is 2.90. The van der Waals surface area contributed by atoms with E-state index in [0.29, 0.717) is 6.10 Å². The Morgan fingerprint density at radius 2 is 2.00 bits per heavy atom. The number of guanidine groups is 1. The molecule has 1 aliphatic rings. The number of ether oxygens (including phenoxy) is 1. The minimum Gasteiger partial charge on any atom is -0.376 e. The molecule has 130 valence electrons. The number of aryl methyl sites for hydroxylation is 1. The van der Waals surface area contributed by atoms with Crippen molar-refractivity contribution in [2.75, 3.05) is 26.7 Å². The van der Waals surface area contributed by atoms with E-state index >= 15 is 0 Å². The van der Waals surface area contributed by atoms with Crippen LogP contribution in [0.25, 0.3) is 0 Å². The van der Waals surface area contributed by atoms with Crippen LogP contribution in [0.3, 0.4) is 0 Å². The maximum Gasteiger partial charge on any atom is 0.191 e. The van der Waals surface area contributed by atoms with E-state index in [1.807, 2.05) is 23.1 Å². The number of nitrogens with one attached hydrogen (secondary N) is 2. The van der Waals surface area contributed by atoms with E-state index < -0.39 is 0 Å². The molecule has 0 amide bonds. The Kier molecular flexibility index (Phi) is 8.55. The van der Waals surface area contributed by atoms with Crippen molar-refractivity contribution in [3.63, 3.8) is 0 Å². The Morgan fingerprint density at radius 3 is 2.70 bits per heavy atom. The molecule has 23 heavy (non-hydrogen) atoms. The van der Waals surface area contributed by atoms with Gasteiger partial charge in [-0.25, -0.2) is 0 Å². The van der Waals surface area contributed by atoms with E-state index in [2.05, 4.69) is 20.7 Å². The highest BCUT2D eigenvalue weighted by molar-refractivity contribution is 5.79. The molecule has 6 heteroatoms. The SMILES string of the molecule is CN=C(NCCCn1cccn1)NCCOC1CCCCCC1. The van der Waals surface area contributed by atoms with Gasteiger partial charge in [0.15, 0.2) is 5.96 Å². The van der Waals surface area contributed by atoms with Crippen LogP contribution in [0.2, 0.25) is 0 Å². The van der Waals surface area contributed by atoms with Crippen molar-refractivity contribution in [2.24, 2.45) is 4.99 Å². The third-order valence-corrected chi connectivity index (χ3v) is 4.19. The van der Waals surface area contributed by atoms with Gasteiger partial charge in [0, 0.05) is 39.1 Å². The molecule has 2 rings (SSSR count). The maximum absolute atomic E-state index is 5.98. The zero-order chi connectivity index (χ0) is 16.2. The minimum absolute atomic E-state index is 0.461. The number of hydrogen-bond acceptors (Lipinski definition) is 3. The predicted molar refractivity (Wildman–Crippen MR) is 93.7 cm³/mol. The van der Waals surface area contributed by atoms with Crippen LogP contribution in [0, 0.1) is 0 Å². The normalized spacial score (nSPS) is 17.0. The highest BCUT2D eigenvalue weighted by Crippen LogP contribution is 2.19. The lowest BCUT2D eigenvalue weighted by atomic mass is 10.1. The van der Waals surface area contributed by atoms with Crippen molar-refractivity contribution >= 4 is 5.96 Å². The summed E-state index contributed by atoms with van der Waals surface area (Å²) in [5.41, 5.74) is 0. The monoisotopic (exact) mass is 321 g/mol. The first-order chi connectivity index (χ1) is 11.4. The Morgan fingerprint density at radius 1 is 1.22 bits per heavy atom. The summed E-state index contributed by atoms with van der Waals surface area (Å²) in [6.07, 6.45) is 13.1. The molecule has 0 aromatic carbocycles. The molecule has 6 nitrogen and oxygen atoms in total. The number of nitrogens with zero attached hydrogens (tertiary/aromatic N) is 3. The molecule has 0 saturated heterocycles. The van der Waals surface area contributed by atoms with Crippen LogP contribution in [0.1, 0.15) is 44.9 Å². The van der Waals surface area contributed by atoms with Gasteiger partial charge in [0.1, 0.15) is 0 Å². The van der Waals surface area contributed by atoms with Crippen LogP contribution < -0.4 is 10.6 Å². The first-order valence-electron chi connectivity index (χ1n) is 8.92. The zero-order valence-electron chi connectivity index (χ0n) is 14.3. The highest BCUT2D eigenvalue weighted by Gasteiger charge is 2.11. The topological polar surface area (TPSA) is 63.5 Å². The van der Waals surface area contributed by atoms with Crippen molar-refractivity contribution in [1.82, 2.24) is 20.4 Å². The van der Waals surface area contributed by atoms with Gasteiger partial charge in [-0.2, -0.15) is 5.10 Å². The van der Waals surface area contributed by atoms with Crippen molar-refractivity contribution in [1.29, 1.82) is 0 Å². The third-order valence-electron chi connectivity index (χ3n) is 4.19. The summed E-state index contributed by atoms with van der Waals surface area (Å²) < 4.78 is 7.92. The first kappa shape index (κ1) is 17.8. The molecule has 0 unspecified atom stereocenters. The second-order valence-corrected chi connectivity index (χ2v) is 6.03. The van der Waals surface area contributed by atoms with Gasteiger partial charge in [-0.1, -0.05) is 25.7 Å². The maximum atomic E-state index is 5.98. The summed E-state index contributed by atoms with van der Waals surface area (Å²) in [5.74, 6) is 0.843. The molecule has 0 bridgehead atoms. The number of rotatable bonds is 8. The van der Waals surface area contributed by atoms with E-state index in [1.165, 1.54) is 38.5 Å². The van der Waals surface area contributed by atoms with Gasteiger partial charge in [0.2, 0.25) is 0 Å². The number of aliphatic imine (C=N–C) groups is 1. The van der Waals surface area contributed by atoms with Gasteiger partial charge >= 0.3 is 0 Å². The molecular weight excluding hydrogens is 290 g/mol. The lowest BCUT2D eigenvalue weighted by Crippen LogP contribution is -2.39. The Bertz CT molecular complexity index is 424. The summed E-state index contributed by atoms with van der Waals surface area (Å²) in [4.78, 5) is 4.24. The fourth-order valence-corrected chi connectivity index (χ4v) is 2.90. The molecule has 1 heterocycles. The van der Waals surface area contributed by atoms with E-state index in [0.717, 1.165) is 38.6 Å². The van der Waals surface area contributed by atoms with Gasteiger partial charge in [-0.15, -0.1) is 0 Å². The molecule has 1 aromatic rings. The van der Waals surface area contributed by atoms with Crippen molar-refractivity contribution in [3.05, 3.63) is 18.5 Å².